The number of carboxylic acids is 1. The summed E-state index contributed by atoms with van der Waals surface area (Å²) in [6.07, 6.45) is 3.52. The monoisotopic (exact) mass is 281 g/mol. The van der Waals surface area contributed by atoms with Gasteiger partial charge in [0.2, 0.25) is 11.8 Å². The highest BCUT2D eigenvalue weighted by molar-refractivity contribution is 5.76. The number of amides is 1. The summed E-state index contributed by atoms with van der Waals surface area (Å²) in [6.45, 7) is 1.75. The highest BCUT2D eigenvalue weighted by Gasteiger charge is 2.30. The molecule has 7 heteroatoms. The average molecular weight is 281 g/mol. The first-order chi connectivity index (χ1) is 9.54. The average Bonchev–Trinajstić information content (AvgIpc) is 2.99. The number of nitrogens with one attached hydrogen (secondary N) is 1. The van der Waals surface area contributed by atoms with Crippen molar-refractivity contribution in [2.45, 2.75) is 51.5 Å². The standard InChI is InChI=1S/C13H19N3O4/c1-8-14-12(20-16-8)4-2-3-11(17)15-10-6-5-9(7-10)13(18)19/h9-10H,2-7H2,1H3,(H,15,17)(H,18,19)/t9-,10+/m0/s1. The van der Waals surface area contributed by atoms with Gasteiger partial charge in [-0.2, -0.15) is 4.98 Å². The summed E-state index contributed by atoms with van der Waals surface area (Å²) in [5.74, 6) is 0.00434. The number of carbonyl (C=O) groups is 2. The Morgan fingerprint density at radius 1 is 1.45 bits per heavy atom. The summed E-state index contributed by atoms with van der Waals surface area (Å²) in [4.78, 5) is 26.6. The second kappa shape index (κ2) is 6.49. The first-order valence-electron chi connectivity index (χ1n) is 6.86. The van der Waals surface area contributed by atoms with Gasteiger partial charge >= 0.3 is 5.97 Å². The Labute approximate surface area is 116 Å². The number of hydrogen-bond acceptors (Lipinski definition) is 5. The molecule has 1 fully saturated rings. The Hall–Kier alpha value is -1.92. The van der Waals surface area contributed by atoms with Crippen molar-refractivity contribution in [3.05, 3.63) is 11.7 Å². The van der Waals surface area contributed by atoms with Crippen LogP contribution in [0.4, 0.5) is 0 Å². The Morgan fingerprint density at radius 2 is 2.25 bits per heavy atom. The van der Waals surface area contributed by atoms with Gasteiger partial charge in [0, 0.05) is 18.9 Å². The maximum Gasteiger partial charge on any atom is 0.306 e. The van der Waals surface area contributed by atoms with Crippen LogP contribution in [0.2, 0.25) is 0 Å². The van der Waals surface area contributed by atoms with Gasteiger partial charge in [-0.05, 0) is 32.6 Å². The molecule has 0 spiro atoms. The van der Waals surface area contributed by atoms with E-state index < -0.39 is 5.97 Å². The molecule has 0 radical (unpaired) electrons. The summed E-state index contributed by atoms with van der Waals surface area (Å²) in [7, 11) is 0. The van der Waals surface area contributed by atoms with Crippen LogP contribution in [0.3, 0.4) is 0 Å². The fourth-order valence-electron chi connectivity index (χ4n) is 2.48. The maximum absolute atomic E-state index is 11.7. The van der Waals surface area contributed by atoms with Crippen molar-refractivity contribution < 1.29 is 19.2 Å². The molecule has 1 heterocycles. The smallest absolute Gasteiger partial charge is 0.306 e. The molecule has 7 nitrogen and oxygen atoms in total. The lowest BCUT2D eigenvalue weighted by Gasteiger charge is -2.11. The van der Waals surface area contributed by atoms with E-state index in [2.05, 4.69) is 15.5 Å². The number of nitrogens with zero attached hydrogens (tertiary/aromatic N) is 2. The van der Waals surface area contributed by atoms with Gasteiger partial charge in [-0.3, -0.25) is 9.59 Å². The molecule has 1 saturated carbocycles. The third-order valence-corrected chi connectivity index (χ3v) is 3.51. The quantitative estimate of drug-likeness (QED) is 0.808. The van der Waals surface area contributed by atoms with Crippen LogP contribution in [0, 0.1) is 12.8 Å². The van der Waals surface area contributed by atoms with Gasteiger partial charge in [0.15, 0.2) is 5.82 Å². The molecule has 1 aromatic heterocycles. The Balaban J connectivity index is 1.65. The molecule has 20 heavy (non-hydrogen) atoms. The second-order valence-electron chi connectivity index (χ2n) is 5.20. The van der Waals surface area contributed by atoms with Crippen molar-refractivity contribution in [3.63, 3.8) is 0 Å². The highest BCUT2D eigenvalue weighted by atomic mass is 16.5. The zero-order valence-corrected chi connectivity index (χ0v) is 11.5. The molecule has 0 saturated heterocycles. The topological polar surface area (TPSA) is 105 Å². The molecular formula is C13H19N3O4. The fourth-order valence-corrected chi connectivity index (χ4v) is 2.48. The highest BCUT2D eigenvalue weighted by Crippen LogP contribution is 2.25. The fraction of sp³-hybridized carbons (Fsp3) is 0.692. The minimum atomic E-state index is -0.770. The van der Waals surface area contributed by atoms with E-state index in [0.717, 1.165) is 6.42 Å². The van der Waals surface area contributed by atoms with E-state index in [-0.39, 0.29) is 17.9 Å². The van der Waals surface area contributed by atoms with Crippen LogP contribution < -0.4 is 5.32 Å². The van der Waals surface area contributed by atoms with Crippen molar-refractivity contribution in [2.24, 2.45) is 5.92 Å². The number of carboxylic acid groups (broad SMARTS) is 1. The van der Waals surface area contributed by atoms with Crippen LogP contribution in [-0.4, -0.2) is 33.2 Å². The van der Waals surface area contributed by atoms with E-state index in [0.29, 0.717) is 43.8 Å². The number of hydrogen-bond donors (Lipinski definition) is 2. The van der Waals surface area contributed by atoms with Gasteiger partial charge in [0.05, 0.1) is 5.92 Å². The molecule has 110 valence electrons. The molecule has 0 unspecified atom stereocenters. The van der Waals surface area contributed by atoms with Crippen molar-refractivity contribution in [1.29, 1.82) is 0 Å². The molecule has 0 aliphatic heterocycles. The molecule has 1 amide bonds. The third kappa shape index (κ3) is 4.04. The minimum absolute atomic E-state index is 0.00533. The number of aryl methyl sites for hydroxylation is 2. The van der Waals surface area contributed by atoms with Crippen LogP contribution in [0.25, 0.3) is 0 Å². The normalized spacial score (nSPS) is 21.9. The van der Waals surface area contributed by atoms with Crippen molar-refractivity contribution >= 4 is 11.9 Å². The molecule has 1 aromatic rings. The van der Waals surface area contributed by atoms with E-state index >= 15 is 0 Å². The number of aliphatic carboxylic acids is 1. The van der Waals surface area contributed by atoms with Crippen LogP contribution in [0.5, 0.6) is 0 Å². The van der Waals surface area contributed by atoms with Crippen LogP contribution >= 0.6 is 0 Å². The summed E-state index contributed by atoms with van der Waals surface area (Å²) < 4.78 is 4.96. The first-order valence-corrected chi connectivity index (χ1v) is 6.86. The summed E-state index contributed by atoms with van der Waals surface area (Å²) in [5.41, 5.74) is 0. The van der Waals surface area contributed by atoms with Gasteiger partial charge in [0.1, 0.15) is 0 Å². The van der Waals surface area contributed by atoms with Crippen molar-refractivity contribution in [3.8, 4) is 0 Å². The van der Waals surface area contributed by atoms with Gasteiger partial charge in [-0.1, -0.05) is 5.16 Å². The molecule has 1 aliphatic rings. The maximum atomic E-state index is 11.7. The van der Waals surface area contributed by atoms with Gasteiger partial charge < -0.3 is 14.9 Å². The zero-order valence-electron chi connectivity index (χ0n) is 11.5. The van der Waals surface area contributed by atoms with Gasteiger partial charge in [-0.15, -0.1) is 0 Å². The molecule has 2 rings (SSSR count). The van der Waals surface area contributed by atoms with E-state index in [9.17, 15) is 9.59 Å². The molecule has 1 aliphatic carbocycles. The zero-order chi connectivity index (χ0) is 14.5. The van der Waals surface area contributed by atoms with E-state index in [1.165, 1.54) is 0 Å². The summed E-state index contributed by atoms with van der Waals surface area (Å²) in [6, 6.07) is -0.00533. The van der Waals surface area contributed by atoms with Crippen LogP contribution in [0.1, 0.15) is 43.8 Å². The predicted octanol–water partition coefficient (Wildman–Crippen LogP) is 1.07. The molecule has 2 atom stereocenters. The molecule has 2 N–H and O–H groups in total. The number of carbonyl (C=O) groups excluding carboxylic acids is 1. The van der Waals surface area contributed by atoms with E-state index in [4.69, 9.17) is 9.63 Å². The van der Waals surface area contributed by atoms with Gasteiger partial charge in [0.25, 0.3) is 0 Å². The lowest BCUT2D eigenvalue weighted by molar-refractivity contribution is -0.141. The first kappa shape index (κ1) is 14.5. The summed E-state index contributed by atoms with van der Waals surface area (Å²) in [5, 5.41) is 15.5. The number of rotatable bonds is 6. The van der Waals surface area contributed by atoms with Crippen molar-refractivity contribution in [2.75, 3.05) is 0 Å². The van der Waals surface area contributed by atoms with Gasteiger partial charge in [-0.25, -0.2) is 0 Å². The second-order valence-corrected chi connectivity index (χ2v) is 5.20. The summed E-state index contributed by atoms with van der Waals surface area (Å²) >= 11 is 0. The Kier molecular flexibility index (Phi) is 4.70. The molecular weight excluding hydrogens is 262 g/mol. The molecule has 0 aromatic carbocycles. The lowest BCUT2D eigenvalue weighted by atomic mass is 10.1. The van der Waals surface area contributed by atoms with E-state index in [1.807, 2.05) is 0 Å². The largest absolute Gasteiger partial charge is 0.481 e. The predicted molar refractivity (Wildman–Crippen MR) is 68.9 cm³/mol. The minimum Gasteiger partial charge on any atom is -0.481 e. The Bertz CT molecular complexity index is 486. The van der Waals surface area contributed by atoms with Crippen LogP contribution in [-0.2, 0) is 16.0 Å². The molecule has 0 bridgehead atoms. The Morgan fingerprint density at radius 3 is 2.85 bits per heavy atom. The third-order valence-electron chi connectivity index (χ3n) is 3.51. The van der Waals surface area contributed by atoms with Crippen LogP contribution in [0.15, 0.2) is 4.52 Å². The number of aromatic nitrogens is 2. The van der Waals surface area contributed by atoms with E-state index in [1.54, 1.807) is 6.92 Å². The van der Waals surface area contributed by atoms with Crippen molar-refractivity contribution in [1.82, 2.24) is 15.5 Å². The SMILES string of the molecule is Cc1noc(CCCC(=O)N[C@@H]2CC[C@H](C(=O)O)C2)n1. The lowest BCUT2D eigenvalue weighted by Crippen LogP contribution is -2.33.